The topological polar surface area (TPSA) is 55.6 Å². The Balaban J connectivity index is 1.84. The first kappa shape index (κ1) is 12.6. The highest BCUT2D eigenvalue weighted by Gasteiger charge is 2.31. The van der Waals surface area contributed by atoms with Crippen LogP contribution in [0.2, 0.25) is 0 Å². The van der Waals surface area contributed by atoms with Crippen molar-refractivity contribution in [2.45, 2.75) is 37.6 Å². The maximum atomic E-state index is 4.84. The van der Waals surface area contributed by atoms with Gasteiger partial charge in [-0.2, -0.15) is 0 Å². The van der Waals surface area contributed by atoms with Crippen molar-refractivity contribution in [3.63, 3.8) is 0 Å². The summed E-state index contributed by atoms with van der Waals surface area (Å²) in [6, 6.07) is 0.595. The number of halogens is 1. The van der Waals surface area contributed by atoms with E-state index in [1.807, 2.05) is 19.6 Å². The van der Waals surface area contributed by atoms with Crippen molar-refractivity contribution >= 4 is 28.4 Å². The molecule has 2 aliphatic rings. The van der Waals surface area contributed by atoms with Gasteiger partial charge in [0.2, 0.25) is 0 Å². The van der Waals surface area contributed by atoms with Crippen LogP contribution in [0.4, 0.5) is 5.82 Å². The SMILES string of the molecule is CNc1nc(-c2cncn2C2CC2)nc(C2CC2)c1I. The third-order valence-corrected chi connectivity index (χ3v) is 4.98. The lowest BCUT2D eigenvalue weighted by molar-refractivity contribution is 0.742. The summed E-state index contributed by atoms with van der Waals surface area (Å²) in [6.45, 7) is 0. The summed E-state index contributed by atoms with van der Waals surface area (Å²) < 4.78 is 3.38. The summed E-state index contributed by atoms with van der Waals surface area (Å²) in [6.07, 6.45) is 8.76. The van der Waals surface area contributed by atoms with Gasteiger partial charge in [-0.1, -0.05) is 0 Å². The molecule has 0 aromatic carbocycles. The number of nitrogens with one attached hydrogen (secondary N) is 1. The van der Waals surface area contributed by atoms with E-state index in [1.165, 1.54) is 31.4 Å². The third-order valence-electron chi connectivity index (χ3n) is 3.91. The van der Waals surface area contributed by atoms with Crippen molar-refractivity contribution in [3.8, 4) is 11.5 Å². The second-order valence-corrected chi connectivity index (χ2v) is 6.62. The first-order valence-electron chi connectivity index (χ1n) is 7.05. The summed E-state index contributed by atoms with van der Waals surface area (Å²) in [5.74, 6) is 2.36. The zero-order valence-electron chi connectivity index (χ0n) is 11.3. The number of hydrogen-bond acceptors (Lipinski definition) is 4. The Hall–Kier alpha value is -1.18. The Morgan fingerprint density at radius 1 is 1.25 bits per heavy atom. The average Bonchev–Trinajstić information content (AvgIpc) is 3.38. The zero-order valence-corrected chi connectivity index (χ0v) is 13.5. The molecule has 1 N–H and O–H groups in total. The summed E-state index contributed by atoms with van der Waals surface area (Å²) in [5.41, 5.74) is 2.24. The predicted molar refractivity (Wildman–Crippen MR) is 85.8 cm³/mol. The van der Waals surface area contributed by atoms with Crippen LogP contribution in [0.1, 0.15) is 43.3 Å². The van der Waals surface area contributed by atoms with Gasteiger partial charge in [-0.15, -0.1) is 0 Å². The number of hydrogen-bond donors (Lipinski definition) is 1. The predicted octanol–water partition coefficient (Wildman–Crippen LogP) is 3.20. The van der Waals surface area contributed by atoms with E-state index in [9.17, 15) is 0 Å². The molecular weight excluding hydrogens is 365 g/mol. The molecule has 2 aliphatic carbocycles. The molecule has 0 radical (unpaired) electrons. The number of aromatic nitrogens is 4. The Labute approximate surface area is 131 Å². The van der Waals surface area contributed by atoms with Gasteiger partial charge in [0.1, 0.15) is 11.5 Å². The van der Waals surface area contributed by atoms with Gasteiger partial charge in [0.25, 0.3) is 0 Å². The second kappa shape index (κ2) is 4.68. The maximum Gasteiger partial charge on any atom is 0.180 e. The first-order valence-corrected chi connectivity index (χ1v) is 8.13. The first-order chi connectivity index (χ1) is 9.78. The van der Waals surface area contributed by atoms with E-state index in [2.05, 4.69) is 42.4 Å². The molecule has 2 saturated carbocycles. The molecule has 20 heavy (non-hydrogen) atoms. The van der Waals surface area contributed by atoms with Crippen LogP contribution < -0.4 is 5.32 Å². The molecule has 2 aromatic rings. The molecule has 0 atom stereocenters. The van der Waals surface area contributed by atoms with Gasteiger partial charge in [0, 0.05) is 19.0 Å². The van der Waals surface area contributed by atoms with Crippen molar-refractivity contribution in [3.05, 3.63) is 21.8 Å². The van der Waals surface area contributed by atoms with Gasteiger partial charge in [-0.05, 0) is 48.3 Å². The van der Waals surface area contributed by atoms with Crippen LogP contribution in [0.15, 0.2) is 12.5 Å². The largest absolute Gasteiger partial charge is 0.372 e. The summed E-state index contributed by atoms with van der Waals surface area (Å²) in [7, 11) is 1.92. The molecule has 4 rings (SSSR count). The van der Waals surface area contributed by atoms with E-state index < -0.39 is 0 Å². The van der Waals surface area contributed by atoms with Crippen LogP contribution in [-0.2, 0) is 0 Å². The molecular formula is C14H16IN5. The van der Waals surface area contributed by atoms with Crippen LogP contribution in [0.5, 0.6) is 0 Å². The monoisotopic (exact) mass is 381 g/mol. The highest BCUT2D eigenvalue weighted by molar-refractivity contribution is 14.1. The smallest absolute Gasteiger partial charge is 0.180 e. The van der Waals surface area contributed by atoms with E-state index in [-0.39, 0.29) is 0 Å². The van der Waals surface area contributed by atoms with Crippen molar-refractivity contribution in [2.24, 2.45) is 0 Å². The molecule has 2 heterocycles. The number of anilines is 1. The molecule has 0 aliphatic heterocycles. The molecule has 5 nitrogen and oxygen atoms in total. The summed E-state index contributed by atoms with van der Waals surface area (Å²) >= 11 is 2.36. The van der Waals surface area contributed by atoms with E-state index in [1.54, 1.807) is 0 Å². The van der Waals surface area contributed by atoms with E-state index in [0.717, 1.165) is 20.9 Å². The van der Waals surface area contributed by atoms with Crippen LogP contribution >= 0.6 is 22.6 Å². The van der Waals surface area contributed by atoms with Crippen molar-refractivity contribution in [2.75, 3.05) is 12.4 Å². The normalized spacial score (nSPS) is 18.3. The van der Waals surface area contributed by atoms with Crippen molar-refractivity contribution < 1.29 is 0 Å². The Morgan fingerprint density at radius 3 is 2.70 bits per heavy atom. The molecule has 0 unspecified atom stereocenters. The van der Waals surface area contributed by atoms with Gasteiger partial charge < -0.3 is 9.88 Å². The lowest BCUT2D eigenvalue weighted by Crippen LogP contribution is -2.06. The van der Waals surface area contributed by atoms with Gasteiger partial charge in [0.05, 0.1) is 21.8 Å². The quantitative estimate of drug-likeness (QED) is 0.827. The van der Waals surface area contributed by atoms with E-state index in [0.29, 0.717) is 12.0 Å². The fraction of sp³-hybridized carbons (Fsp3) is 0.500. The molecule has 0 amide bonds. The van der Waals surface area contributed by atoms with Crippen molar-refractivity contribution in [1.29, 1.82) is 0 Å². The molecule has 2 aromatic heterocycles. The summed E-state index contributed by atoms with van der Waals surface area (Å²) in [4.78, 5) is 13.8. The minimum absolute atomic E-state index is 0.595. The fourth-order valence-electron chi connectivity index (χ4n) is 2.49. The standard InChI is InChI=1S/C14H16IN5/c1-16-14-11(15)12(8-2-3-8)18-13(19-14)10-6-17-7-20(10)9-4-5-9/h6-9H,2-5H2,1H3,(H,16,18,19). The van der Waals surface area contributed by atoms with Crippen LogP contribution in [0.3, 0.4) is 0 Å². The minimum atomic E-state index is 0.595. The fourth-order valence-corrected chi connectivity index (χ4v) is 3.44. The lowest BCUT2D eigenvalue weighted by Gasteiger charge is -2.12. The van der Waals surface area contributed by atoms with E-state index in [4.69, 9.17) is 4.98 Å². The summed E-state index contributed by atoms with van der Waals surface area (Å²) in [5, 5.41) is 3.20. The maximum absolute atomic E-state index is 4.84. The highest BCUT2D eigenvalue weighted by Crippen LogP contribution is 2.43. The number of rotatable bonds is 4. The Kier molecular flexibility index (Phi) is 2.94. The van der Waals surface area contributed by atoms with Crippen LogP contribution in [-0.4, -0.2) is 26.6 Å². The Morgan fingerprint density at radius 2 is 2.05 bits per heavy atom. The van der Waals surface area contributed by atoms with Crippen molar-refractivity contribution in [1.82, 2.24) is 19.5 Å². The molecule has 0 bridgehead atoms. The van der Waals surface area contributed by atoms with Crippen LogP contribution in [0.25, 0.3) is 11.5 Å². The van der Waals surface area contributed by atoms with E-state index >= 15 is 0 Å². The lowest BCUT2D eigenvalue weighted by atomic mass is 10.2. The number of nitrogens with zero attached hydrogens (tertiary/aromatic N) is 4. The van der Waals surface area contributed by atoms with Gasteiger partial charge >= 0.3 is 0 Å². The molecule has 104 valence electrons. The molecule has 0 saturated heterocycles. The average molecular weight is 381 g/mol. The zero-order chi connectivity index (χ0) is 13.7. The molecule has 2 fully saturated rings. The minimum Gasteiger partial charge on any atom is -0.372 e. The van der Waals surface area contributed by atoms with Gasteiger partial charge in [0.15, 0.2) is 5.82 Å². The Bertz CT molecular complexity index is 658. The molecule has 6 heteroatoms. The van der Waals surface area contributed by atoms with Crippen LogP contribution in [0, 0.1) is 3.57 Å². The third kappa shape index (κ3) is 2.10. The van der Waals surface area contributed by atoms with Gasteiger partial charge in [-0.3, -0.25) is 0 Å². The second-order valence-electron chi connectivity index (χ2n) is 5.54. The highest BCUT2D eigenvalue weighted by atomic mass is 127. The van der Waals surface area contributed by atoms with Gasteiger partial charge in [-0.25, -0.2) is 15.0 Å². The number of imidazole rings is 1. The molecule has 0 spiro atoms.